The summed E-state index contributed by atoms with van der Waals surface area (Å²) in [6.07, 6.45) is 0. The Kier molecular flexibility index (Phi) is 4.07. The molecule has 3 nitrogen and oxygen atoms in total. The van der Waals surface area contributed by atoms with Crippen LogP contribution in [0.5, 0.6) is 0 Å². The highest BCUT2D eigenvalue weighted by Gasteiger charge is 2.26. The Bertz CT molecular complexity index is 439. The molecule has 1 saturated heterocycles. The molecule has 0 radical (unpaired) electrons. The van der Waals surface area contributed by atoms with E-state index in [2.05, 4.69) is 15.9 Å². The van der Waals surface area contributed by atoms with Crippen LogP contribution in [0.2, 0.25) is 5.02 Å². The molecule has 0 N–H and O–H groups in total. The molecule has 0 aliphatic carbocycles. The van der Waals surface area contributed by atoms with E-state index in [0.717, 1.165) is 4.47 Å². The molecule has 92 valence electrons. The number of benzene rings is 1. The van der Waals surface area contributed by atoms with Gasteiger partial charge in [-0.05, 0) is 41.1 Å². The van der Waals surface area contributed by atoms with Crippen molar-refractivity contribution in [1.82, 2.24) is 4.90 Å². The van der Waals surface area contributed by atoms with Crippen LogP contribution in [0.3, 0.4) is 0 Å². The molecule has 1 aliphatic rings. The predicted octanol–water partition coefficient (Wildman–Crippen LogP) is 2.96. The summed E-state index contributed by atoms with van der Waals surface area (Å²) >= 11 is 9.30. The topological polar surface area (TPSA) is 29.5 Å². The predicted molar refractivity (Wildman–Crippen MR) is 70.5 cm³/mol. The molecule has 1 heterocycles. The fourth-order valence-corrected chi connectivity index (χ4v) is 2.43. The molecule has 5 heteroatoms. The van der Waals surface area contributed by atoms with Crippen LogP contribution in [0.15, 0.2) is 22.7 Å². The summed E-state index contributed by atoms with van der Waals surface area (Å²) in [5.41, 5.74) is 0.603. The Hall–Kier alpha value is -0.580. The number of amides is 1. The molecule has 0 spiro atoms. The minimum absolute atomic E-state index is 0.00447. The van der Waals surface area contributed by atoms with Crippen LogP contribution in [-0.4, -0.2) is 36.6 Å². The van der Waals surface area contributed by atoms with E-state index in [1.165, 1.54) is 0 Å². The van der Waals surface area contributed by atoms with E-state index >= 15 is 0 Å². The SMILES string of the molecule is C[C@@H]1COCCN1C(=O)c1cc(Cl)ccc1Br. The lowest BCUT2D eigenvalue weighted by Crippen LogP contribution is -2.47. The lowest BCUT2D eigenvalue weighted by Gasteiger charge is -2.33. The van der Waals surface area contributed by atoms with Gasteiger partial charge in [0, 0.05) is 16.0 Å². The van der Waals surface area contributed by atoms with Gasteiger partial charge in [0.05, 0.1) is 24.8 Å². The minimum atomic E-state index is -0.00447. The molecule has 2 rings (SSSR count). The maximum absolute atomic E-state index is 12.4. The van der Waals surface area contributed by atoms with Gasteiger partial charge < -0.3 is 9.64 Å². The second-order valence-electron chi connectivity index (χ2n) is 4.05. The normalized spacial score (nSPS) is 20.4. The number of carbonyl (C=O) groups is 1. The third-order valence-corrected chi connectivity index (χ3v) is 3.71. The zero-order valence-corrected chi connectivity index (χ0v) is 11.8. The number of morpholine rings is 1. The average molecular weight is 319 g/mol. The Labute approximate surface area is 114 Å². The van der Waals surface area contributed by atoms with Crippen molar-refractivity contribution in [1.29, 1.82) is 0 Å². The third kappa shape index (κ3) is 2.81. The van der Waals surface area contributed by atoms with Gasteiger partial charge >= 0.3 is 0 Å². The summed E-state index contributed by atoms with van der Waals surface area (Å²) in [5.74, 6) is -0.00447. The van der Waals surface area contributed by atoms with Crippen molar-refractivity contribution in [2.24, 2.45) is 0 Å². The minimum Gasteiger partial charge on any atom is -0.377 e. The van der Waals surface area contributed by atoms with Crippen LogP contribution in [0.1, 0.15) is 17.3 Å². The molecule has 1 aromatic carbocycles. The van der Waals surface area contributed by atoms with Gasteiger partial charge in [0.15, 0.2) is 0 Å². The van der Waals surface area contributed by atoms with Gasteiger partial charge in [-0.25, -0.2) is 0 Å². The molecule has 0 aromatic heterocycles. The number of halogens is 2. The number of hydrogen-bond donors (Lipinski definition) is 0. The Morgan fingerprint density at radius 3 is 3.06 bits per heavy atom. The van der Waals surface area contributed by atoms with E-state index in [0.29, 0.717) is 30.3 Å². The first kappa shape index (κ1) is 12.9. The zero-order valence-electron chi connectivity index (χ0n) is 9.45. The highest BCUT2D eigenvalue weighted by molar-refractivity contribution is 9.10. The fraction of sp³-hybridized carbons (Fsp3) is 0.417. The quantitative estimate of drug-likeness (QED) is 0.797. The van der Waals surface area contributed by atoms with E-state index in [1.807, 2.05) is 11.8 Å². The second kappa shape index (κ2) is 5.38. The molecule has 1 atom stereocenters. The smallest absolute Gasteiger partial charge is 0.255 e. The monoisotopic (exact) mass is 317 g/mol. The first-order chi connectivity index (χ1) is 8.09. The van der Waals surface area contributed by atoms with Crippen molar-refractivity contribution in [2.45, 2.75) is 13.0 Å². The highest BCUT2D eigenvalue weighted by atomic mass is 79.9. The van der Waals surface area contributed by atoms with Crippen molar-refractivity contribution < 1.29 is 9.53 Å². The van der Waals surface area contributed by atoms with Gasteiger partial charge in [-0.3, -0.25) is 4.79 Å². The third-order valence-electron chi connectivity index (χ3n) is 2.79. The highest BCUT2D eigenvalue weighted by Crippen LogP contribution is 2.23. The molecular formula is C12H13BrClNO2. The van der Waals surface area contributed by atoms with Crippen LogP contribution < -0.4 is 0 Å². The van der Waals surface area contributed by atoms with E-state index in [4.69, 9.17) is 16.3 Å². The van der Waals surface area contributed by atoms with Crippen LogP contribution in [0.4, 0.5) is 0 Å². The number of hydrogen-bond acceptors (Lipinski definition) is 2. The van der Waals surface area contributed by atoms with Crippen molar-refractivity contribution >= 4 is 33.4 Å². The van der Waals surface area contributed by atoms with Crippen molar-refractivity contribution in [3.05, 3.63) is 33.3 Å². The van der Waals surface area contributed by atoms with Crippen molar-refractivity contribution in [3.8, 4) is 0 Å². The number of nitrogens with zero attached hydrogens (tertiary/aromatic N) is 1. The van der Waals surface area contributed by atoms with Gasteiger partial charge in [0.25, 0.3) is 5.91 Å². The van der Waals surface area contributed by atoms with E-state index in [-0.39, 0.29) is 11.9 Å². The molecule has 17 heavy (non-hydrogen) atoms. The molecule has 0 unspecified atom stereocenters. The molecule has 0 saturated carbocycles. The lowest BCUT2D eigenvalue weighted by molar-refractivity contribution is 0.00354. The fourth-order valence-electron chi connectivity index (χ4n) is 1.84. The van der Waals surface area contributed by atoms with E-state index in [1.54, 1.807) is 18.2 Å². The van der Waals surface area contributed by atoms with Crippen LogP contribution >= 0.6 is 27.5 Å². The zero-order chi connectivity index (χ0) is 12.4. The van der Waals surface area contributed by atoms with E-state index < -0.39 is 0 Å². The molecule has 1 amide bonds. The van der Waals surface area contributed by atoms with Gasteiger partial charge in [-0.15, -0.1) is 0 Å². The first-order valence-electron chi connectivity index (χ1n) is 5.43. The second-order valence-corrected chi connectivity index (χ2v) is 5.34. The number of rotatable bonds is 1. The summed E-state index contributed by atoms with van der Waals surface area (Å²) < 4.78 is 6.09. The maximum Gasteiger partial charge on any atom is 0.255 e. The molecular weight excluding hydrogens is 305 g/mol. The summed E-state index contributed by atoms with van der Waals surface area (Å²) in [6.45, 7) is 3.78. The van der Waals surface area contributed by atoms with Crippen molar-refractivity contribution in [2.75, 3.05) is 19.8 Å². The Balaban J connectivity index is 2.26. The summed E-state index contributed by atoms with van der Waals surface area (Å²) in [7, 11) is 0. The van der Waals surface area contributed by atoms with E-state index in [9.17, 15) is 4.79 Å². The largest absolute Gasteiger partial charge is 0.377 e. The van der Waals surface area contributed by atoms with Crippen molar-refractivity contribution in [3.63, 3.8) is 0 Å². The number of ether oxygens (including phenoxy) is 1. The molecule has 1 fully saturated rings. The standard InChI is InChI=1S/C12H13BrClNO2/c1-8-7-17-5-4-15(8)12(16)10-6-9(14)2-3-11(10)13/h2-3,6,8H,4-5,7H2,1H3/t8-/m1/s1. The van der Waals surface area contributed by atoms with Gasteiger partial charge in [0.2, 0.25) is 0 Å². The first-order valence-corrected chi connectivity index (χ1v) is 6.60. The van der Waals surface area contributed by atoms with Crippen LogP contribution in [0.25, 0.3) is 0 Å². The summed E-state index contributed by atoms with van der Waals surface area (Å²) in [6, 6.07) is 5.34. The molecule has 0 bridgehead atoms. The average Bonchev–Trinajstić information content (AvgIpc) is 2.32. The van der Waals surface area contributed by atoms with Gasteiger partial charge in [-0.2, -0.15) is 0 Å². The van der Waals surface area contributed by atoms with Gasteiger partial charge in [0.1, 0.15) is 0 Å². The van der Waals surface area contributed by atoms with Crippen LogP contribution in [0, 0.1) is 0 Å². The maximum atomic E-state index is 12.4. The summed E-state index contributed by atoms with van der Waals surface area (Å²) in [4.78, 5) is 14.2. The van der Waals surface area contributed by atoms with Gasteiger partial charge in [-0.1, -0.05) is 11.6 Å². The Morgan fingerprint density at radius 1 is 1.59 bits per heavy atom. The van der Waals surface area contributed by atoms with Crippen LogP contribution in [-0.2, 0) is 4.74 Å². The molecule has 1 aliphatic heterocycles. The Morgan fingerprint density at radius 2 is 2.35 bits per heavy atom. The lowest BCUT2D eigenvalue weighted by atomic mass is 10.1. The summed E-state index contributed by atoms with van der Waals surface area (Å²) in [5, 5.41) is 0.567. The molecule has 1 aromatic rings. The number of carbonyl (C=O) groups excluding carboxylic acids is 1.